The molecule has 1 fully saturated rings. The summed E-state index contributed by atoms with van der Waals surface area (Å²) in [6, 6.07) is 2.45. The van der Waals surface area contributed by atoms with Crippen LogP contribution in [0.15, 0.2) is 16.9 Å². The first-order chi connectivity index (χ1) is 8.20. The summed E-state index contributed by atoms with van der Waals surface area (Å²) in [7, 11) is 0. The van der Waals surface area contributed by atoms with E-state index in [2.05, 4.69) is 29.8 Å². The van der Waals surface area contributed by atoms with Crippen LogP contribution in [-0.4, -0.2) is 23.0 Å². The molecular weight excluding hydrogens is 214 g/mol. The van der Waals surface area contributed by atoms with Gasteiger partial charge in [0.15, 0.2) is 0 Å². The van der Waals surface area contributed by atoms with Crippen molar-refractivity contribution in [3.05, 3.63) is 18.4 Å². The summed E-state index contributed by atoms with van der Waals surface area (Å²) in [4.78, 5) is 6.48. The van der Waals surface area contributed by atoms with Crippen LogP contribution >= 0.6 is 0 Å². The first-order valence-corrected chi connectivity index (χ1v) is 6.21. The molecular formula is C13H19N3O. The second-order valence-electron chi connectivity index (χ2n) is 5.09. The molecule has 0 saturated carbocycles. The Morgan fingerprint density at radius 1 is 1.65 bits per heavy atom. The van der Waals surface area contributed by atoms with Crippen LogP contribution in [0.1, 0.15) is 26.2 Å². The van der Waals surface area contributed by atoms with E-state index in [9.17, 15) is 0 Å². The predicted octanol–water partition coefficient (Wildman–Crippen LogP) is 2.29. The molecule has 0 amide bonds. The number of aromatic nitrogens is 1. The Morgan fingerprint density at radius 3 is 3.06 bits per heavy atom. The summed E-state index contributed by atoms with van der Waals surface area (Å²) in [6.07, 6.45) is 4.24. The molecule has 92 valence electrons. The monoisotopic (exact) mass is 233 g/mol. The van der Waals surface area contributed by atoms with Gasteiger partial charge in [-0.15, -0.1) is 0 Å². The fraction of sp³-hybridized carbons (Fsp3) is 0.692. The molecule has 0 radical (unpaired) electrons. The van der Waals surface area contributed by atoms with Crippen molar-refractivity contribution in [1.29, 1.82) is 5.26 Å². The number of nitrogens with zero attached hydrogens (tertiary/aromatic N) is 3. The summed E-state index contributed by atoms with van der Waals surface area (Å²) in [6.45, 7) is 7.09. The van der Waals surface area contributed by atoms with Gasteiger partial charge in [-0.05, 0) is 24.8 Å². The molecule has 1 aromatic heterocycles. The fourth-order valence-corrected chi connectivity index (χ4v) is 2.55. The number of likely N-dealkylation sites (tertiary alicyclic amines) is 1. The predicted molar refractivity (Wildman–Crippen MR) is 63.8 cm³/mol. The van der Waals surface area contributed by atoms with Crippen LogP contribution in [0.3, 0.4) is 0 Å². The van der Waals surface area contributed by atoms with Gasteiger partial charge in [0.2, 0.25) is 5.89 Å². The highest BCUT2D eigenvalue weighted by Crippen LogP contribution is 2.29. The minimum Gasteiger partial charge on any atom is -0.448 e. The molecule has 0 aromatic carbocycles. The van der Waals surface area contributed by atoms with E-state index in [4.69, 9.17) is 9.68 Å². The lowest BCUT2D eigenvalue weighted by molar-refractivity contribution is 0.101. The Kier molecular flexibility index (Phi) is 3.80. The van der Waals surface area contributed by atoms with E-state index in [1.54, 1.807) is 12.5 Å². The van der Waals surface area contributed by atoms with Crippen molar-refractivity contribution < 1.29 is 4.42 Å². The van der Waals surface area contributed by atoms with Crippen molar-refractivity contribution >= 4 is 0 Å². The van der Waals surface area contributed by atoms with Gasteiger partial charge in [-0.2, -0.15) is 5.26 Å². The van der Waals surface area contributed by atoms with E-state index in [1.165, 1.54) is 0 Å². The van der Waals surface area contributed by atoms with Gasteiger partial charge >= 0.3 is 0 Å². The number of rotatable bonds is 3. The highest BCUT2D eigenvalue weighted by Gasteiger charge is 2.31. The third-order valence-electron chi connectivity index (χ3n) is 3.61. The van der Waals surface area contributed by atoms with Gasteiger partial charge in [-0.1, -0.05) is 13.8 Å². The SMILES string of the molecule is CC(C)C1CN(Cc2ncco2)CCC1C#N. The van der Waals surface area contributed by atoms with Gasteiger partial charge in [0.1, 0.15) is 6.26 Å². The molecule has 1 aliphatic heterocycles. The van der Waals surface area contributed by atoms with E-state index in [1.807, 2.05) is 0 Å². The molecule has 2 rings (SSSR count). The topological polar surface area (TPSA) is 53.1 Å². The standard InChI is InChI=1S/C13H19N3O/c1-10(2)12-8-16(5-3-11(12)7-14)9-13-15-4-6-17-13/h4,6,10-12H,3,5,8-9H2,1-2H3. The van der Waals surface area contributed by atoms with E-state index >= 15 is 0 Å². The Bertz CT molecular complexity index is 380. The Hall–Kier alpha value is -1.34. The summed E-state index contributed by atoms with van der Waals surface area (Å²) >= 11 is 0. The molecule has 2 unspecified atom stereocenters. The van der Waals surface area contributed by atoms with E-state index < -0.39 is 0 Å². The van der Waals surface area contributed by atoms with Gasteiger partial charge in [-0.25, -0.2) is 4.98 Å². The van der Waals surface area contributed by atoms with Crippen molar-refractivity contribution in [3.63, 3.8) is 0 Å². The number of oxazole rings is 1. The summed E-state index contributed by atoms with van der Waals surface area (Å²) in [5.74, 6) is 1.98. The normalized spacial score (nSPS) is 26.0. The summed E-state index contributed by atoms with van der Waals surface area (Å²) < 4.78 is 5.27. The molecule has 1 aromatic rings. The smallest absolute Gasteiger partial charge is 0.208 e. The van der Waals surface area contributed by atoms with Crippen molar-refractivity contribution in [2.75, 3.05) is 13.1 Å². The number of piperidine rings is 1. The largest absolute Gasteiger partial charge is 0.448 e. The van der Waals surface area contributed by atoms with E-state index in [0.29, 0.717) is 11.8 Å². The summed E-state index contributed by atoms with van der Waals surface area (Å²) in [5, 5.41) is 9.15. The third-order valence-corrected chi connectivity index (χ3v) is 3.61. The number of nitriles is 1. The zero-order valence-electron chi connectivity index (χ0n) is 10.5. The molecule has 4 nitrogen and oxygen atoms in total. The lowest BCUT2D eigenvalue weighted by Gasteiger charge is -2.37. The van der Waals surface area contributed by atoms with Gasteiger partial charge < -0.3 is 4.42 Å². The molecule has 1 saturated heterocycles. The van der Waals surface area contributed by atoms with E-state index in [-0.39, 0.29) is 5.92 Å². The average molecular weight is 233 g/mol. The minimum atomic E-state index is 0.204. The zero-order chi connectivity index (χ0) is 12.3. The van der Waals surface area contributed by atoms with Gasteiger partial charge in [0.25, 0.3) is 0 Å². The molecule has 0 bridgehead atoms. The van der Waals surface area contributed by atoms with Crippen molar-refractivity contribution in [2.45, 2.75) is 26.8 Å². The zero-order valence-corrected chi connectivity index (χ0v) is 10.5. The second kappa shape index (κ2) is 5.33. The average Bonchev–Trinajstić information content (AvgIpc) is 2.81. The van der Waals surface area contributed by atoms with Crippen LogP contribution in [0.5, 0.6) is 0 Å². The third kappa shape index (κ3) is 2.86. The van der Waals surface area contributed by atoms with Crippen LogP contribution in [0.4, 0.5) is 0 Å². The molecule has 0 N–H and O–H groups in total. The first-order valence-electron chi connectivity index (χ1n) is 6.21. The minimum absolute atomic E-state index is 0.204. The molecule has 0 spiro atoms. The van der Waals surface area contributed by atoms with Crippen molar-refractivity contribution in [2.24, 2.45) is 17.8 Å². The Morgan fingerprint density at radius 2 is 2.47 bits per heavy atom. The van der Waals surface area contributed by atoms with Crippen LogP contribution in [-0.2, 0) is 6.54 Å². The van der Waals surface area contributed by atoms with Crippen LogP contribution < -0.4 is 0 Å². The number of hydrogen-bond acceptors (Lipinski definition) is 4. The van der Waals surface area contributed by atoms with E-state index in [0.717, 1.165) is 31.9 Å². The highest BCUT2D eigenvalue weighted by atomic mass is 16.3. The first kappa shape index (κ1) is 12.1. The molecule has 2 heterocycles. The Balaban J connectivity index is 1.97. The van der Waals surface area contributed by atoms with Crippen molar-refractivity contribution in [1.82, 2.24) is 9.88 Å². The molecule has 4 heteroatoms. The molecule has 0 aliphatic carbocycles. The van der Waals surface area contributed by atoms with Crippen LogP contribution in [0.25, 0.3) is 0 Å². The lowest BCUT2D eigenvalue weighted by Crippen LogP contribution is -2.41. The van der Waals surface area contributed by atoms with Gasteiger partial charge in [0.05, 0.1) is 24.7 Å². The quantitative estimate of drug-likeness (QED) is 0.803. The lowest BCUT2D eigenvalue weighted by atomic mass is 9.79. The maximum absolute atomic E-state index is 9.15. The Labute approximate surface area is 102 Å². The molecule has 2 atom stereocenters. The highest BCUT2D eigenvalue weighted by molar-refractivity contribution is 4.95. The molecule has 17 heavy (non-hydrogen) atoms. The van der Waals surface area contributed by atoms with Crippen molar-refractivity contribution in [3.8, 4) is 6.07 Å². The molecule has 1 aliphatic rings. The van der Waals surface area contributed by atoms with Crippen LogP contribution in [0.2, 0.25) is 0 Å². The van der Waals surface area contributed by atoms with Gasteiger partial charge in [-0.3, -0.25) is 4.90 Å². The second-order valence-corrected chi connectivity index (χ2v) is 5.09. The fourth-order valence-electron chi connectivity index (χ4n) is 2.55. The maximum Gasteiger partial charge on any atom is 0.208 e. The summed E-state index contributed by atoms with van der Waals surface area (Å²) in [5.41, 5.74) is 0. The van der Waals surface area contributed by atoms with Gasteiger partial charge in [0, 0.05) is 6.54 Å². The maximum atomic E-state index is 9.15. The van der Waals surface area contributed by atoms with Crippen LogP contribution in [0, 0.1) is 29.1 Å². The number of hydrogen-bond donors (Lipinski definition) is 0.